The van der Waals surface area contributed by atoms with Gasteiger partial charge in [0.05, 0.1) is 35.1 Å². The van der Waals surface area contributed by atoms with Crippen LogP contribution in [0, 0.1) is 0 Å². The van der Waals surface area contributed by atoms with Crippen LogP contribution in [0.3, 0.4) is 0 Å². The van der Waals surface area contributed by atoms with E-state index >= 15 is 0 Å². The van der Waals surface area contributed by atoms with Crippen molar-refractivity contribution in [1.29, 1.82) is 0 Å². The van der Waals surface area contributed by atoms with E-state index in [0.29, 0.717) is 41.4 Å². The van der Waals surface area contributed by atoms with Gasteiger partial charge in [0.15, 0.2) is 0 Å². The lowest BCUT2D eigenvalue weighted by Gasteiger charge is -2.26. The second-order valence-electron chi connectivity index (χ2n) is 9.98. The number of benzene rings is 3. The van der Waals surface area contributed by atoms with Crippen molar-refractivity contribution in [2.75, 3.05) is 27.7 Å². The first-order valence-corrected chi connectivity index (χ1v) is 14.8. The Kier molecular flexibility index (Phi) is 7.67. The molecule has 1 aromatic heterocycles. The number of para-hydroxylation sites is 1. The number of carbonyl (C=O) groups excluding carboxylic acids is 2. The summed E-state index contributed by atoms with van der Waals surface area (Å²) < 4.78 is 34.7. The molecule has 0 aliphatic carbocycles. The third-order valence-corrected chi connectivity index (χ3v) is 9.17. The van der Waals surface area contributed by atoms with Crippen LogP contribution in [0.15, 0.2) is 76.4 Å². The van der Waals surface area contributed by atoms with Crippen LogP contribution < -0.4 is 10.4 Å². The topological polar surface area (TPSA) is 111 Å². The van der Waals surface area contributed by atoms with E-state index in [-0.39, 0.29) is 34.2 Å². The molecule has 0 spiro atoms. The number of rotatable bonds is 7. The van der Waals surface area contributed by atoms with Crippen molar-refractivity contribution in [2.24, 2.45) is 0 Å². The molecule has 1 aliphatic rings. The average molecular weight is 597 g/mol. The Morgan fingerprint density at radius 3 is 2.41 bits per heavy atom. The number of likely N-dealkylation sites (tertiary alicyclic amines) is 1. The van der Waals surface area contributed by atoms with Gasteiger partial charge >= 0.3 is 5.69 Å². The maximum Gasteiger partial charge on any atom is 0.347 e. The lowest BCUT2D eigenvalue weighted by molar-refractivity contribution is -0.141. The summed E-state index contributed by atoms with van der Waals surface area (Å²) in [4.78, 5) is 43.1. The zero-order valence-electron chi connectivity index (χ0n) is 22.8. The van der Waals surface area contributed by atoms with Gasteiger partial charge in [-0.05, 0) is 66.9 Å². The zero-order valence-corrected chi connectivity index (χ0v) is 24.4. The number of hydrogen-bond donors (Lipinski definition) is 0. The highest BCUT2D eigenvalue weighted by atomic mass is 35.5. The Bertz CT molecular complexity index is 1810. The number of likely N-dealkylation sites (N-methyl/N-ethyl adjacent to an activating group) is 1. The van der Waals surface area contributed by atoms with Gasteiger partial charge < -0.3 is 14.5 Å². The van der Waals surface area contributed by atoms with Gasteiger partial charge in [-0.1, -0.05) is 29.8 Å². The highest BCUT2D eigenvalue weighted by Crippen LogP contribution is 2.28. The molecule has 1 atom stereocenters. The number of methoxy groups -OCH3 is 1. The largest absolute Gasteiger partial charge is 0.497 e. The first-order valence-electron chi connectivity index (χ1n) is 13.0. The number of carbonyl (C=O) groups is 2. The number of fused-ring (bicyclic) bond motifs is 1. The Morgan fingerprint density at radius 2 is 1.73 bits per heavy atom. The van der Waals surface area contributed by atoms with E-state index in [1.54, 1.807) is 43.3 Å². The Hall–Kier alpha value is -4.09. The van der Waals surface area contributed by atoms with Gasteiger partial charge in [0.2, 0.25) is 11.8 Å². The predicted molar refractivity (Wildman–Crippen MR) is 155 cm³/mol. The van der Waals surface area contributed by atoms with Crippen molar-refractivity contribution in [3.05, 3.63) is 87.8 Å². The van der Waals surface area contributed by atoms with Crippen molar-refractivity contribution >= 4 is 44.5 Å². The van der Waals surface area contributed by atoms with Crippen molar-refractivity contribution in [3.8, 4) is 11.4 Å². The smallest absolute Gasteiger partial charge is 0.347 e. The standard InChI is InChI=1S/C29H29ClN4O6S/c1-31(2)28(36)25-9-6-16-32(25)27(35)17-19-7-4-5-8-23(19)33-26-18-20(30)10-15-24(26)34(29(33)37)41(38,39)22-13-11-21(40-3)12-14-22/h4-5,7-8,10-15,18,25H,6,9,16-17H2,1-3H3. The van der Waals surface area contributed by atoms with Gasteiger partial charge in [-0.3, -0.25) is 14.2 Å². The van der Waals surface area contributed by atoms with Crippen molar-refractivity contribution in [2.45, 2.75) is 30.2 Å². The maximum atomic E-state index is 14.0. The number of imidazole rings is 1. The van der Waals surface area contributed by atoms with Crippen LogP contribution in [0.25, 0.3) is 16.7 Å². The Morgan fingerprint density at radius 1 is 1.02 bits per heavy atom. The first-order chi connectivity index (χ1) is 19.5. The molecule has 214 valence electrons. The van der Waals surface area contributed by atoms with Gasteiger partial charge in [-0.15, -0.1) is 0 Å². The van der Waals surface area contributed by atoms with E-state index in [0.717, 1.165) is 3.97 Å². The quantitative estimate of drug-likeness (QED) is 0.324. The third-order valence-electron chi connectivity index (χ3n) is 7.23. The second kappa shape index (κ2) is 11.1. The summed E-state index contributed by atoms with van der Waals surface area (Å²) in [6, 6.07) is 16.5. The highest BCUT2D eigenvalue weighted by Gasteiger charge is 2.35. The second-order valence-corrected chi connectivity index (χ2v) is 12.2. The minimum Gasteiger partial charge on any atom is -0.497 e. The van der Waals surface area contributed by atoms with E-state index in [1.165, 1.54) is 59.0 Å². The van der Waals surface area contributed by atoms with E-state index in [4.69, 9.17) is 16.3 Å². The molecule has 0 N–H and O–H groups in total. The van der Waals surface area contributed by atoms with Gasteiger partial charge in [-0.25, -0.2) is 13.2 Å². The predicted octanol–water partition coefficient (Wildman–Crippen LogP) is 3.31. The third kappa shape index (κ3) is 5.11. The maximum absolute atomic E-state index is 14.0. The van der Waals surface area contributed by atoms with Crippen molar-refractivity contribution in [3.63, 3.8) is 0 Å². The number of halogens is 1. The molecule has 2 amide bonds. The fraction of sp³-hybridized carbons (Fsp3) is 0.276. The van der Waals surface area contributed by atoms with E-state index in [9.17, 15) is 22.8 Å². The molecule has 0 saturated carbocycles. The van der Waals surface area contributed by atoms with E-state index in [1.807, 2.05) is 0 Å². The van der Waals surface area contributed by atoms with Gasteiger partial charge in [-0.2, -0.15) is 3.97 Å². The lowest BCUT2D eigenvalue weighted by Crippen LogP contribution is -2.46. The monoisotopic (exact) mass is 596 g/mol. The van der Waals surface area contributed by atoms with E-state index < -0.39 is 21.8 Å². The van der Waals surface area contributed by atoms with Crippen LogP contribution in [0.1, 0.15) is 18.4 Å². The lowest BCUT2D eigenvalue weighted by atomic mass is 10.1. The summed E-state index contributed by atoms with van der Waals surface area (Å²) in [7, 11) is 0.459. The van der Waals surface area contributed by atoms with Crippen molar-refractivity contribution in [1.82, 2.24) is 18.3 Å². The van der Waals surface area contributed by atoms with Crippen LogP contribution in [-0.2, 0) is 26.0 Å². The molecule has 1 saturated heterocycles. The zero-order chi connectivity index (χ0) is 29.5. The summed E-state index contributed by atoms with van der Waals surface area (Å²) in [5, 5.41) is 0.306. The van der Waals surface area contributed by atoms with Gasteiger partial charge in [0.1, 0.15) is 11.8 Å². The molecule has 12 heteroatoms. The van der Waals surface area contributed by atoms with Crippen LogP contribution >= 0.6 is 11.6 Å². The van der Waals surface area contributed by atoms with E-state index in [2.05, 4.69) is 0 Å². The SMILES string of the molecule is COc1ccc(S(=O)(=O)n2c(=O)n(-c3ccccc3CC(=O)N3CCCC3C(=O)N(C)C)c3cc(Cl)ccc32)cc1. The fourth-order valence-electron chi connectivity index (χ4n) is 5.23. The molecule has 5 rings (SSSR count). The average Bonchev–Trinajstić information content (AvgIpc) is 3.55. The number of amides is 2. The summed E-state index contributed by atoms with van der Waals surface area (Å²) in [6.07, 6.45) is 1.21. The molecule has 10 nitrogen and oxygen atoms in total. The molecule has 1 unspecified atom stereocenters. The molecule has 1 fully saturated rings. The Labute approximate surface area is 242 Å². The van der Waals surface area contributed by atoms with Crippen LogP contribution in [-0.4, -0.2) is 72.4 Å². The summed E-state index contributed by atoms with van der Waals surface area (Å²) in [5.41, 5.74) is 0.411. The molecule has 0 radical (unpaired) electrons. The summed E-state index contributed by atoms with van der Waals surface area (Å²) in [6.45, 7) is 0.459. The molecule has 4 aromatic rings. The van der Waals surface area contributed by atoms with Crippen LogP contribution in [0.2, 0.25) is 5.02 Å². The molecule has 0 bridgehead atoms. The van der Waals surface area contributed by atoms with Gasteiger partial charge in [0.25, 0.3) is 10.0 Å². The number of aromatic nitrogens is 2. The minimum atomic E-state index is -4.33. The van der Waals surface area contributed by atoms with Gasteiger partial charge in [0, 0.05) is 25.7 Å². The number of ether oxygens (including phenoxy) is 1. The summed E-state index contributed by atoms with van der Waals surface area (Å²) in [5.74, 6) is 0.0780. The number of nitrogens with zero attached hydrogens (tertiary/aromatic N) is 4. The normalized spacial score (nSPS) is 15.3. The highest BCUT2D eigenvalue weighted by molar-refractivity contribution is 7.90. The number of hydrogen-bond acceptors (Lipinski definition) is 6. The Balaban J connectivity index is 1.62. The molecule has 41 heavy (non-hydrogen) atoms. The molecular weight excluding hydrogens is 568 g/mol. The first kappa shape index (κ1) is 28.4. The summed E-state index contributed by atoms with van der Waals surface area (Å²) >= 11 is 6.30. The molecule has 1 aliphatic heterocycles. The minimum absolute atomic E-state index is 0.0850. The van der Waals surface area contributed by atoms with Crippen LogP contribution in [0.4, 0.5) is 0 Å². The molecule has 3 aromatic carbocycles. The van der Waals surface area contributed by atoms with Crippen molar-refractivity contribution < 1.29 is 22.7 Å². The molecule has 2 heterocycles. The molecular formula is C29H29ClN4O6S. The fourth-order valence-corrected chi connectivity index (χ4v) is 6.78. The van der Waals surface area contributed by atoms with Crippen LogP contribution in [0.5, 0.6) is 5.75 Å².